The summed E-state index contributed by atoms with van der Waals surface area (Å²) in [6.07, 6.45) is 1.80. The minimum atomic E-state index is 0.545. The number of fused-ring (bicyclic) bond motifs is 1. The minimum Gasteiger partial charge on any atom is -0.387 e. The van der Waals surface area contributed by atoms with Gasteiger partial charge in [0.2, 0.25) is 0 Å². The second-order valence-electron chi connectivity index (χ2n) is 5.77. The maximum atomic E-state index is 9.48. The molecule has 3 rings (SSSR count). The van der Waals surface area contributed by atoms with Crippen LogP contribution in [-0.2, 0) is 4.74 Å². The van der Waals surface area contributed by atoms with Gasteiger partial charge >= 0.3 is 0 Å². The van der Waals surface area contributed by atoms with Gasteiger partial charge in [0.1, 0.15) is 23.0 Å². The number of rotatable bonds is 5. The molecule has 7 heteroatoms. The van der Waals surface area contributed by atoms with Crippen LogP contribution in [0.2, 0.25) is 0 Å². The summed E-state index contributed by atoms with van der Waals surface area (Å²) in [7, 11) is 3.53. The van der Waals surface area contributed by atoms with E-state index in [1.54, 1.807) is 20.4 Å². The fourth-order valence-electron chi connectivity index (χ4n) is 2.96. The number of hydrogen-bond donors (Lipinski definition) is 1. The molecule has 1 fully saturated rings. The molecule has 0 amide bonds. The lowest BCUT2D eigenvalue weighted by molar-refractivity contribution is 0.144. The smallest absolute Gasteiger partial charge is 0.147 e. The normalized spacial score (nSPS) is 15.5. The summed E-state index contributed by atoms with van der Waals surface area (Å²) in [6, 6.07) is 6.00. The quantitative estimate of drug-likeness (QED) is 0.887. The fraction of sp³-hybridized carbons (Fsp3) is 0.471. The highest BCUT2D eigenvalue weighted by molar-refractivity contribution is 5.87. The maximum absolute atomic E-state index is 9.48. The first-order chi connectivity index (χ1) is 11.8. The van der Waals surface area contributed by atoms with E-state index in [9.17, 15) is 5.26 Å². The van der Waals surface area contributed by atoms with Crippen molar-refractivity contribution in [3.05, 3.63) is 23.9 Å². The van der Waals surface area contributed by atoms with Crippen molar-refractivity contribution in [2.45, 2.75) is 0 Å². The third kappa shape index (κ3) is 3.25. The Morgan fingerprint density at radius 2 is 2.08 bits per heavy atom. The van der Waals surface area contributed by atoms with Crippen molar-refractivity contribution in [1.29, 1.82) is 5.26 Å². The van der Waals surface area contributed by atoms with E-state index in [0.717, 1.165) is 56.4 Å². The van der Waals surface area contributed by atoms with Gasteiger partial charge in [-0.1, -0.05) is 0 Å². The molecular weight excluding hydrogens is 304 g/mol. The van der Waals surface area contributed by atoms with E-state index in [1.165, 1.54) is 0 Å². The average molecular weight is 326 g/mol. The Morgan fingerprint density at radius 1 is 1.29 bits per heavy atom. The van der Waals surface area contributed by atoms with Crippen LogP contribution >= 0.6 is 0 Å². The molecule has 1 N–H and O–H groups in total. The summed E-state index contributed by atoms with van der Waals surface area (Å²) in [6.45, 7) is 5.47. The zero-order chi connectivity index (χ0) is 16.9. The predicted molar refractivity (Wildman–Crippen MR) is 94.3 cm³/mol. The highest BCUT2D eigenvalue weighted by atomic mass is 16.5. The monoisotopic (exact) mass is 326 g/mol. The highest BCUT2D eigenvalue weighted by Gasteiger charge is 2.19. The van der Waals surface area contributed by atoms with Gasteiger partial charge in [0.05, 0.1) is 24.0 Å². The number of ether oxygens (including phenoxy) is 1. The van der Waals surface area contributed by atoms with E-state index in [2.05, 4.69) is 26.2 Å². The van der Waals surface area contributed by atoms with Gasteiger partial charge in [0, 0.05) is 46.9 Å². The van der Waals surface area contributed by atoms with Crippen molar-refractivity contribution in [3.8, 4) is 6.07 Å². The van der Waals surface area contributed by atoms with Crippen molar-refractivity contribution in [2.24, 2.45) is 0 Å². The number of nitriles is 1. The van der Waals surface area contributed by atoms with Crippen LogP contribution in [0.25, 0.3) is 11.0 Å². The first-order valence-electron chi connectivity index (χ1n) is 8.10. The molecule has 1 saturated heterocycles. The second kappa shape index (κ2) is 7.43. The third-order valence-electron chi connectivity index (χ3n) is 4.39. The summed E-state index contributed by atoms with van der Waals surface area (Å²) < 4.78 is 5.14. The fourth-order valence-corrected chi connectivity index (χ4v) is 2.96. The molecule has 0 aliphatic carbocycles. The summed E-state index contributed by atoms with van der Waals surface area (Å²) in [5.41, 5.74) is 2.72. The Balaban J connectivity index is 1.82. The lowest BCUT2D eigenvalue weighted by Gasteiger charge is -2.35. The molecule has 7 nitrogen and oxygen atoms in total. The number of benzene rings is 1. The van der Waals surface area contributed by atoms with Gasteiger partial charge < -0.3 is 15.0 Å². The van der Waals surface area contributed by atoms with Gasteiger partial charge in [-0.3, -0.25) is 9.88 Å². The lowest BCUT2D eigenvalue weighted by atomic mass is 10.1. The first-order valence-corrected chi connectivity index (χ1v) is 8.10. The van der Waals surface area contributed by atoms with Crippen molar-refractivity contribution in [1.82, 2.24) is 14.9 Å². The molecule has 0 radical (unpaired) electrons. The van der Waals surface area contributed by atoms with E-state index in [4.69, 9.17) is 9.72 Å². The number of nitrogens with zero attached hydrogens (tertiary/aromatic N) is 5. The molecule has 2 aromatic rings. The molecule has 0 atom stereocenters. The molecule has 24 heavy (non-hydrogen) atoms. The molecule has 0 bridgehead atoms. The Bertz CT molecular complexity index is 749. The minimum absolute atomic E-state index is 0.545. The van der Waals surface area contributed by atoms with Crippen LogP contribution in [0.5, 0.6) is 0 Å². The van der Waals surface area contributed by atoms with E-state index in [1.807, 2.05) is 12.1 Å². The van der Waals surface area contributed by atoms with Crippen LogP contribution in [0.4, 0.5) is 11.5 Å². The number of methoxy groups -OCH3 is 1. The van der Waals surface area contributed by atoms with Gasteiger partial charge in [-0.05, 0) is 12.1 Å². The van der Waals surface area contributed by atoms with Crippen LogP contribution in [-0.4, -0.2) is 68.4 Å². The number of aromatic nitrogens is 2. The Kier molecular flexibility index (Phi) is 5.08. The van der Waals surface area contributed by atoms with E-state index in [0.29, 0.717) is 11.1 Å². The van der Waals surface area contributed by atoms with E-state index < -0.39 is 0 Å². The molecule has 2 heterocycles. The van der Waals surface area contributed by atoms with E-state index >= 15 is 0 Å². The van der Waals surface area contributed by atoms with Crippen molar-refractivity contribution < 1.29 is 4.74 Å². The third-order valence-corrected chi connectivity index (χ3v) is 4.39. The van der Waals surface area contributed by atoms with Crippen LogP contribution < -0.4 is 10.2 Å². The van der Waals surface area contributed by atoms with Gasteiger partial charge in [-0.15, -0.1) is 0 Å². The van der Waals surface area contributed by atoms with Crippen LogP contribution in [0, 0.1) is 11.3 Å². The van der Waals surface area contributed by atoms with Gasteiger partial charge in [-0.25, -0.2) is 4.98 Å². The molecule has 1 aromatic heterocycles. The summed E-state index contributed by atoms with van der Waals surface area (Å²) in [5, 5.41) is 12.5. The topological polar surface area (TPSA) is 77.3 Å². The van der Waals surface area contributed by atoms with Crippen LogP contribution in [0.3, 0.4) is 0 Å². The molecule has 126 valence electrons. The van der Waals surface area contributed by atoms with Gasteiger partial charge in [0.25, 0.3) is 0 Å². The van der Waals surface area contributed by atoms with Gasteiger partial charge in [-0.2, -0.15) is 5.26 Å². The summed E-state index contributed by atoms with van der Waals surface area (Å²) in [5.74, 6) is 0.832. The maximum Gasteiger partial charge on any atom is 0.147 e. The molecule has 0 unspecified atom stereocenters. The zero-order valence-electron chi connectivity index (χ0n) is 14.1. The van der Waals surface area contributed by atoms with E-state index in [-0.39, 0.29) is 0 Å². The Morgan fingerprint density at radius 3 is 2.75 bits per heavy atom. The number of hydrogen-bond acceptors (Lipinski definition) is 7. The molecule has 1 aliphatic rings. The predicted octanol–water partition coefficient (Wildman–Crippen LogP) is 1.31. The Hall–Kier alpha value is -2.43. The zero-order valence-corrected chi connectivity index (χ0v) is 14.1. The van der Waals surface area contributed by atoms with Crippen molar-refractivity contribution >= 4 is 22.5 Å². The Labute approximate surface area is 141 Å². The number of anilines is 2. The van der Waals surface area contributed by atoms with Crippen molar-refractivity contribution in [2.75, 3.05) is 63.7 Å². The van der Waals surface area contributed by atoms with Crippen LogP contribution in [0.1, 0.15) is 5.56 Å². The lowest BCUT2D eigenvalue weighted by Crippen LogP contribution is -2.47. The number of piperazine rings is 1. The molecule has 1 aromatic carbocycles. The van der Waals surface area contributed by atoms with Crippen LogP contribution in [0.15, 0.2) is 18.3 Å². The molecule has 1 aliphatic heterocycles. The highest BCUT2D eigenvalue weighted by Crippen LogP contribution is 2.25. The van der Waals surface area contributed by atoms with Gasteiger partial charge in [0.15, 0.2) is 0 Å². The largest absolute Gasteiger partial charge is 0.387 e. The average Bonchev–Trinajstić information content (AvgIpc) is 2.65. The molecule has 0 saturated carbocycles. The molecule has 0 spiro atoms. The first kappa shape index (κ1) is 16.4. The standard InChI is InChI=1S/C17H22N6O/c1-19-14-3-4-15-17(13(14)11-18)21-16(12-20-15)23-7-5-22(6-8-23)9-10-24-2/h3-4,12,19H,5-10H2,1-2H3. The second-order valence-corrected chi connectivity index (χ2v) is 5.77. The summed E-state index contributed by atoms with van der Waals surface area (Å²) in [4.78, 5) is 13.8. The summed E-state index contributed by atoms with van der Waals surface area (Å²) >= 11 is 0. The SMILES string of the molecule is CNc1ccc2ncc(N3CCN(CCOC)CC3)nc2c1C#N. The molecular formula is C17H22N6O. The van der Waals surface area contributed by atoms with Crippen molar-refractivity contribution in [3.63, 3.8) is 0 Å². The number of nitrogens with one attached hydrogen (secondary N) is 1.